The van der Waals surface area contributed by atoms with E-state index in [-0.39, 0.29) is 29.7 Å². The van der Waals surface area contributed by atoms with Crippen LogP contribution < -0.4 is 20.1 Å². The zero-order valence-corrected chi connectivity index (χ0v) is 21.7. The van der Waals surface area contributed by atoms with Gasteiger partial charge in [0.1, 0.15) is 5.82 Å². The maximum atomic E-state index is 13.7. The van der Waals surface area contributed by atoms with Gasteiger partial charge in [0.05, 0.1) is 37.4 Å². The summed E-state index contributed by atoms with van der Waals surface area (Å²) in [6, 6.07) is 13.8. The van der Waals surface area contributed by atoms with Gasteiger partial charge in [-0.05, 0) is 56.0 Å². The predicted molar refractivity (Wildman–Crippen MR) is 147 cm³/mol. The number of anilines is 2. The minimum atomic E-state index is -0.107. The lowest BCUT2D eigenvalue weighted by molar-refractivity contribution is -0.140. The standard InChI is InChI=1S/C29H32N6O3/c1-37-24-12-11-18(17-25(24)38-2)26-20-7-3-4-8-21(20)28(36)35(33-26)19-13-15-34(16-14-19)27-22-9-5-6-10-23(22)31-29(30)32-27/h3-6,9-12,17,19-21H,7-8,13-16H2,1-2H3,(H2,30,31,32)/t20-,21+/m0/s1. The molecule has 0 bridgehead atoms. The monoisotopic (exact) mass is 512 g/mol. The van der Waals surface area contributed by atoms with Crippen molar-refractivity contribution >= 4 is 34.3 Å². The fourth-order valence-corrected chi connectivity index (χ4v) is 5.97. The molecule has 1 saturated heterocycles. The SMILES string of the molecule is COc1ccc(C2=NN(C3CCN(c4nc(N)nc5ccccc45)CC3)C(=O)[C@@H]3CC=CC[C@H]23)cc1OC. The number of hydrazone groups is 1. The number of amides is 1. The van der Waals surface area contributed by atoms with Gasteiger partial charge in [0.2, 0.25) is 11.9 Å². The first-order valence-corrected chi connectivity index (χ1v) is 13.1. The van der Waals surface area contributed by atoms with Gasteiger partial charge in [0.15, 0.2) is 11.5 Å². The van der Waals surface area contributed by atoms with Crippen LogP contribution in [0.2, 0.25) is 0 Å². The summed E-state index contributed by atoms with van der Waals surface area (Å²) < 4.78 is 11.0. The minimum Gasteiger partial charge on any atom is -0.493 e. The van der Waals surface area contributed by atoms with Crippen molar-refractivity contribution in [3.05, 3.63) is 60.2 Å². The fraction of sp³-hybridized carbons (Fsp3) is 0.379. The second-order valence-electron chi connectivity index (χ2n) is 10.0. The van der Waals surface area contributed by atoms with Crippen molar-refractivity contribution in [2.45, 2.75) is 31.7 Å². The van der Waals surface area contributed by atoms with Crippen LogP contribution in [0.25, 0.3) is 10.9 Å². The lowest BCUT2D eigenvalue weighted by atomic mass is 9.76. The van der Waals surface area contributed by atoms with Crippen LogP contribution in [0.1, 0.15) is 31.2 Å². The second kappa shape index (κ2) is 9.96. The Bertz CT molecular complexity index is 1430. The molecule has 2 aliphatic heterocycles. The van der Waals surface area contributed by atoms with E-state index in [1.165, 1.54) is 0 Å². The van der Waals surface area contributed by atoms with E-state index in [1.807, 2.05) is 42.5 Å². The van der Waals surface area contributed by atoms with E-state index in [4.69, 9.17) is 20.3 Å². The van der Waals surface area contributed by atoms with Gasteiger partial charge in [-0.2, -0.15) is 10.1 Å². The van der Waals surface area contributed by atoms with Gasteiger partial charge in [-0.15, -0.1) is 0 Å². The molecule has 3 aliphatic rings. The number of carbonyl (C=O) groups excluding carboxylic acids is 1. The average molecular weight is 513 g/mol. The van der Waals surface area contributed by atoms with Crippen LogP contribution >= 0.6 is 0 Å². The summed E-state index contributed by atoms with van der Waals surface area (Å²) in [4.78, 5) is 24.9. The molecule has 1 aromatic heterocycles. The highest BCUT2D eigenvalue weighted by atomic mass is 16.5. The van der Waals surface area contributed by atoms with Crippen LogP contribution in [0.4, 0.5) is 11.8 Å². The number of fused-ring (bicyclic) bond motifs is 2. The smallest absolute Gasteiger partial charge is 0.247 e. The molecule has 0 spiro atoms. The molecule has 2 atom stereocenters. The van der Waals surface area contributed by atoms with Crippen LogP contribution in [0.3, 0.4) is 0 Å². The van der Waals surface area contributed by atoms with E-state index >= 15 is 0 Å². The van der Waals surface area contributed by atoms with E-state index < -0.39 is 0 Å². The molecule has 38 heavy (non-hydrogen) atoms. The molecule has 1 amide bonds. The molecule has 196 valence electrons. The number of rotatable bonds is 5. The van der Waals surface area contributed by atoms with Crippen molar-refractivity contribution in [1.82, 2.24) is 15.0 Å². The summed E-state index contributed by atoms with van der Waals surface area (Å²) in [5.74, 6) is 2.52. The Morgan fingerprint density at radius 1 is 0.921 bits per heavy atom. The van der Waals surface area contributed by atoms with Gasteiger partial charge < -0.3 is 20.1 Å². The number of nitrogen functional groups attached to an aromatic ring is 1. The molecule has 9 heteroatoms. The van der Waals surface area contributed by atoms with E-state index in [0.717, 1.165) is 66.8 Å². The molecular weight excluding hydrogens is 480 g/mol. The summed E-state index contributed by atoms with van der Waals surface area (Å²) in [7, 11) is 3.26. The van der Waals surface area contributed by atoms with E-state index in [0.29, 0.717) is 11.5 Å². The lowest BCUT2D eigenvalue weighted by Gasteiger charge is -2.43. The molecule has 1 aliphatic carbocycles. The normalized spacial score (nSPS) is 21.8. The summed E-state index contributed by atoms with van der Waals surface area (Å²) >= 11 is 0. The van der Waals surface area contributed by atoms with Crippen molar-refractivity contribution in [3.63, 3.8) is 0 Å². The van der Waals surface area contributed by atoms with Gasteiger partial charge in [0.25, 0.3) is 0 Å². The number of methoxy groups -OCH3 is 2. The van der Waals surface area contributed by atoms with Crippen LogP contribution in [-0.4, -0.2) is 59.9 Å². The minimum absolute atomic E-state index is 0.0196. The fourth-order valence-electron chi connectivity index (χ4n) is 5.97. The van der Waals surface area contributed by atoms with Crippen molar-refractivity contribution in [3.8, 4) is 11.5 Å². The predicted octanol–water partition coefficient (Wildman–Crippen LogP) is 4.03. The Labute approximate surface area is 221 Å². The number of ether oxygens (including phenoxy) is 2. The van der Waals surface area contributed by atoms with Gasteiger partial charge in [-0.1, -0.05) is 24.3 Å². The third-order valence-corrected chi connectivity index (χ3v) is 7.93. The largest absolute Gasteiger partial charge is 0.493 e. The number of piperidine rings is 1. The van der Waals surface area contributed by atoms with Gasteiger partial charge in [-0.25, -0.2) is 9.99 Å². The molecule has 2 aromatic carbocycles. The zero-order chi connectivity index (χ0) is 26.2. The van der Waals surface area contributed by atoms with E-state index in [1.54, 1.807) is 19.2 Å². The van der Waals surface area contributed by atoms with Gasteiger partial charge in [0, 0.05) is 30.0 Å². The van der Waals surface area contributed by atoms with Crippen LogP contribution in [-0.2, 0) is 4.79 Å². The second-order valence-corrected chi connectivity index (χ2v) is 10.0. The van der Waals surface area contributed by atoms with Crippen molar-refractivity contribution in [2.24, 2.45) is 16.9 Å². The molecule has 1 fully saturated rings. The Hall–Kier alpha value is -4.14. The summed E-state index contributed by atoms with van der Waals surface area (Å²) in [6.45, 7) is 1.51. The highest BCUT2D eigenvalue weighted by molar-refractivity contribution is 6.07. The van der Waals surface area contributed by atoms with Crippen LogP contribution in [0.5, 0.6) is 11.5 Å². The summed E-state index contributed by atoms with van der Waals surface area (Å²) in [5.41, 5.74) is 8.77. The third-order valence-electron chi connectivity index (χ3n) is 7.93. The Morgan fingerprint density at radius 3 is 2.42 bits per heavy atom. The summed E-state index contributed by atoms with van der Waals surface area (Å²) in [5, 5.41) is 7.80. The maximum Gasteiger partial charge on any atom is 0.247 e. The first kappa shape index (κ1) is 24.2. The molecule has 0 radical (unpaired) electrons. The lowest BCUT2D eigenvalue weighted by Crippen LogP contribution is -2.52. The van der Waals surface area contributed by atoms with Crippen LogP contribution in [0.15, 0.2) is 59.7 Å². The number of hydrogen-bond donors (Lipinski definition) is 1. The van der Waals surface area contributed by atoms with E-state index in [2.05, 4.69) is 27.0 Å². The van der Waals surface area contributed by atoms with Gasteiger partial charge in [-0.3, -0.25) is 4.79 Å². The first-order chi connectivity index (χ1) is 18.6. The number of benzene rings is 2. The van der Waals surface area contributed by atoms with Crippen molar-refractivity contribution in [2.75, 3.05) is 37.9 Å². The Morgan fingerprint density at radius 2 is 1.66 bits per heavy atom. The van der Waals surface area contributed by atoms with Gasteiger partial charge >= 0.3 is 0 Å². The molecule has 0 saturated carbocycles. The molecular formula is C29H32N6O3. The number of nitrogens with two attached hydrogens (primary N) is 1. The highest BCUT2D eigenvalue weighted by Gasteiger charge is 2.43. The molecule has 0 unspecified atom stereocenters. The van der Waals surface area contributed by atoms with Crippen molar-refractivity contribution < 1.29 is 14.3 Å². The first-order valence-electron chi connectivity index (χ1n) is 13.1. The number of aromatic nitrogens is 2. The molecule has 9 nitrogen and oxygen atoms in total. The van der Waals surface area contributed by atoms with Crippen LogP contribution in [0, 0.1) is 11.8 Å². The number of hydrogen-bond acceptors (Lipinski definition) is 8. The molecule has 6 rings (SSSR count). The van der Waals surface area contributed by atoms with Crippen molar-refractivity contribution in [1.29, 1.82) is 0 Å². The molecule has 2 N–H and O–H groups in total. The Balaban J connectivity index is 1.29. The average Bonchev–Trinajstić information content (AvgIpc) is 2.97. The topological polar surface area (TPSA) is 106 Å². The van der Waals surface area contributed by atoms with E-state index in [9.17, 15) is 4.79 Å². The maximum absolute atomic E-state index is 13.7. The number of para-hydroxylation sites is 1. The molecule has 3 heterocycles. The Kier molecular flexibility index (Phi) is 6.35. The molecule has 3 aromatic rings. The highest BCUT2D eigenvalue weighted by Crippen LogP contribution is 2.39. The summed E-state index contributed by atoms with van der Waals surface area (Å²) in [6.07, 6.45) is 7.41. The number of nitrogens with zero attached hydrogens (tertiary/aromatic N) is 5. The third kappa shape index (κ3) is 4.21. The number of allylic oxidation sites excluding steroid dienone is 2. The zero-order valence-electron chi connectivity index (χ0n) is 21.7. The quantitative estimate of drug-likeness (QED) is 0.515. The number of carbonyl (C=O) groups is 1.